The molecule has 0 bridgehead atoms. The fourth-order valence-electron chi connectivity index (χ4n) is 2.79. The third-order valence-electron chi connectivity index (χ3n) is 4.72. The average molecular weight is 400 g/mol. The summed E-state index contributed by atoms with van der Waals surface area (Å²) in [5, 5.41) is 0. The average Bonchev–Trinajstić information content (AvgIpc) is 2.69. The molecular formula is C22H28F4O2. The highest BCUT2D eigenvalue weighted by Gasteiger charge is 2.23. The summed E-state index contributed by atoms with van der Waals surface area (Å²) in [6.07, 6.45) is 4.03. The third kappa shape index (κ3) is 6.43. The number of hydrogen-bond acceptors (Lipinski definition) is 2. The first-order chi connectivity index (χ1) is 13.1. The molecule has 0 N–H and O–H groups in total. The van der Waals surface area contributed by atoms with Gasteiger partial charge in [-0.25, -0.2) is 8.78 Å². The topological polar surface area (TPSA) is 18.5 Å². The maximum atomic E-state index is 14.3. The van der Waals surface area contributed by atoms with Gasteiger partial charge in [-0.2, -0.15) is 8.78 Å². The van der Waals surface area contributed by atoms with Gasteiger partial charge in [0.1, 0.15) is 0 Å². The van der Waals surface area contributed by atoms with Crippen LogP contribution in [0.5, 0.6) is 0 Å². The molecule has 1 saturated carbocycles. The smallest absolute Gasteiger partial charge is 0.200 e. The summed E-state index contributed by atoms with van der Waals surface area (Å²) in [6.45, 7) is 17.1. The van der Waals surface area contributed by atoms with E-state index in [2.05, 4.69) is 33.2 Å². The van der Waals surface area contributed by atoms with Crippen molar-refractivity contribution in [1.82, 2.24) is 0 Å². The summed E-state index contributed by atoms with van der Waals surface area (Å²) in [4.78, 5) is 0. The van der Waals surface area contributed by atoms with Crippen molar-refractivity contribution in [2.45, 2.75) is 39.5 Å². The van der Waals surface area contributed by atoms with Gasteiger partial charge in [0.15, 0.2) is 23.2 Å². The van der Waals surface area contributed by atoms with Crippen LogP contribution in [0.3, 0.4) is 0 Å². The first kappa shape index (κ1) is 23.8. The maximum Gasteiger partial charge on any atom is 0.200 e. The van der Waals surface area contributed by atoms with Gasteiger partial charge in [0, 0.05) is 11.1 Å². The Kier molecular flexibility index (Phi) is 9.29. The Hall–Kier alpha value is -2.24. The molecule has 0 aromatic carbocycles. The molecule has 6 heteroatoms. The number of rotatable bonds is 10. The summed E-state index contributed by atoms with van der Waals surface area (Å²) in [5.41, 5.74) is -1.52. The van der Waals surface area contributed by atoms with Crippen LogP contribution in [0, 0.1) is 11.8 Å². The molecule has 0 saturated heterocycles. The fraction of sp³-hybridized carbons (Fsp3) is 0.455. The SMILES string of the molecule is C=C(OCC)/C(F)=C(/F)C(=C)C(=C)/C(F)=C(/F)C(=C)OCC1CCC(C)CC1. The van der Waals surface area contributed by atoms with Gasteiger partial charge in [0.05, 0.1) is 13.2 Å². The molecule has 0 unspecified atom stereocenters. The second-order valence-corrected chi connectivity index (χ2v) is 6.93. The van der Waals surface area contributed by atoms with E-state index in [0.717, 1.165) is 25.7 Å². The minimum absolute atomic E-state index is 0.0624. The van der Waals surface area contributed by atoms with Crippen molar-refractivity contribution in [2.75, 3.05) is 13.2 Å². The summed E-state index contributed by atoms with van der Waals surface area (Å²) in [6, 6.07) is 0. The first-order valence-electron chi connectivity index (χ1n) is 9.23. The molecule has 0 aromatic heterocycles. The van der Waals surface area contributed by atoms with Crippen LogP contribution in [0.15, 0.2) is 72.3 Å². The van der Waals surface area contributed by atoms with Gasteiger partial charge in [-0.15, -0.1) is 0 Å². The Bertz CT molecular complexity index is 695. The predicted molar refractivity (Wildman–Crippen MR) is 104 cm³/mol. The Balaban J connectivity index is 2.78. The number of halogens is 4. The summed E-state index contributed by atoms with van der Waals surface area (Å²) in [7, 11) is 0. The van der Waals surface area contributed by atoms with Gasteiger partial charge >= 0.3 is 0 Å². The van der Waals surface area contributed by atoms with Crippen LogP contribution in [-0.4, -0.2) is 13.2 Å². The standard InChI is InChI=1S/C22H28F4O2/c1-7-27-16(5)21(25)19(23)14(3)15(4)20(24)22(26)17(6)28-12-18-10-8-13(2)9-11-18/h13,18H,3-12H2,1-2H3/b21-19-,22-20-. The van der Waals surface area contributed by atoms with Crippen molar-refractivity contribution in [3.05, 3.63) is 72.3 Å². The van der Waals surface area contributed by atoms with E-state index >= 15 is 0 Å². The van der Waals surface area contributed by atoms with Gasteiger partial charge < -0.3 is 9.47 Å². The molecule has 0 atom stereocenters. The normalized spacial score (nSPS) is 21.2. The highest BCUT2D eigenvalue weighted by atomic mass is 19.2. The van der Waals surface area contributed by atoms with E-state index in [0.29, 0.717) is 5.92 Å². The van der Waals surface area contributed by atoms with Crippen molar-refractivity contribution in [2.24, 2.45) is 11.8 Å². The lowest BCUT2D eigenvalue weighted by molar-refractivity contribution is 0.130. The summed E-state index contributed by atoms with van der Waals surface area (Å²) < 4.78 is 66.6. The van der Waals surface area contributed by atoms with Gasteiger partial charge in [-0.05, 0) is 31.6 Å². The van der Waals surface area contributed by atoms with E-state index in [4.69, 9.17) is 9.47 Å². The molecule has 1 aliphatic carbocycles. The monoisotopic (exact) mass is 400 g/mol. The molecule has 0 aliphatic heterocycles. The van der Waals surface area contributed by atoms with Gasteiger partial charge in [-0.3, -0.25) is 0 Å². The van der Waals surface area contributed by atoms with E-state index in [1.165, 1.54) is 0 Å². The van der Waals surface area contributed by atoms with Crippen LogP contribution < -0.4 is 0 Å². The molecule has 1 fully saturated rings. The largest absolute Gasteiger partial charge is 0.491 e. The van der Waals surface area contributed by atoms with E-state index in [1.54, 1.807) is 6.92 Å². The Morgan fingerprint density at radius 2 is 1.18 bits per heavy atom. The first-order valence-corrected chi connectivity index (χ1v) is 9.23. The van der Waals surface area contributed by atoms with Crippen molar-refractivity contribution < 1.29 is 27.0 Å². The minimum Gasteiger partial charge on any atom is -0.491 e. The van der Waals surface area contributed by atoms with Crippen molar-refractivity contribution >= 4 is 0 Å². The molecule has 2 nitrogen and oxygen atoms in total. The van der Waals surface area contributed by atoms with Crippen molar-refractivity contribution in [1.29, 1.82) is 0 Å². The lowest BCUT2D eigenvalue weighted by Crippen LogP contribution is -2.17. The molecule has 1 aliphatic rings. The molecule has 0 amide bonds. The molecule has 0 aromatic rings. The maximum absolute atomic E-state index is 14.3. The van der Waals surface area contributed by atoms with E-state index < -0.39 is 46.0 Å². The molecule has 28 heavy (non-hydrogen) atoms. The third-order valence-corrected chi connectivity index (χ3v) is 4.72. The van der Waals surface area contributed by atoms with Gasteiger partial charge in [0.25, 0.3) is 0 Å². The van der Waals surface area contributed by atoms with Gasteiger partial charge in [-0.1, -0.05) is 46.1 Å². The van der Waals surface area contributed by atoms with Crippen LogP contribution in [0.2, 0.25) is 0 Å². The molecule has 0 radical (unpaired) electrons. The quantitative estimate of drug-likeness (QED) is 0.217. The van der Waals surface area contributed by atoms with E-state index in [-0.39, 0.29) is 19.1 Å². The molecule has 1 rings (SSSR count). The second kappa shape index (κ2) is 10.9. The second-order valence-electron chi connectivity index (χ2n) is 6.93. The highest BCUT2D eigenvalue weighted by molar-refractivity contribution is 5.52. The Labute approximate surface area is 164 Å². The van der Waals surface area contributed by atoms with Crippen LogP contribution in [-0.2, 0) is 9.47 Å². The Morgan fingerprint density at radius 1 is 0.750 bits per heavy atom. The Morgan fingerprint density at radius 3 is 1.61 bits per heavy atom. The molecule has 156 valence electrons. The number of hydrogen-bond donors (Lipinski definition) is 0. The van der Waals surface area contributed by atoms with E-state index in [1.807, 2.05) is 0 Å². The van der Waals surface area contributed by atoms with Gasteiger partial charge in [0.2, 0.25) is 11.7 Å². The molecule has 0 heterocycles. The molecular weight excluding hydrogens is 372 g/mol. The van der Waals surface area contributed by atoms with E-state index in [9.17, 15) is 17.6 Å². The minimum atomic E-state index is -1.53. The zero-order chi connectivity index (χ0) is 21.4. The lowest BCUT2D eigenvalue weighted by Gasteiger charge is -2.26. The van der Waals surface area contributed by atoms with Crippen LogP contribution >= 0.6 is 0 Å². The van der Waals surface area contributed by atoms with Crippen LogP contribution in [0.1, 0.15) is 39.5 Å². The highest BCUT2D eigenvalue weighted by Crippen LogP contribution is 2.34. The number of ether oxygens (including phenoxy) is 2. The summed E-state index contributed by atoms with van der Waals surface area (Å²) >= 11 is 0. The zero-order valence-electron chi connectivity index (χ0n) is 16.6. The number of allylic oxidation sites excluding steroid dienone is 6. The molecule has 0 spiro atoms. The van der Waals surface area contributed by atoms with Crippen LogP contribution in [0.4, 0.5) is 17.6 Å². The van der Waals surface area contributed by atoms with Crippen LogP contribution in [0.25, 0.3) is 0 Å². The zero-order valence-corrected chi connectivity index (χ0v) is 16.6. The summed E-state index contributed by atoms with van der Waals surface area (Å²) in [5.74, 6) is -6.12. The van der Waals surface area contributed by atoms with Crippen molar-refractivity contribution in [3.8, 4) is 0 Å². The predicted octanol–water partition coefficient (Wildman–Crippen LogP) is 7.31. The van der Waals surface area contributed by atoms with Crippen molar-refractivity contribution in [3.63, 3.8) is 0 Å². The fourth-order valence-corrected chi connectivity index (χ4v) is 2.79. The lowest BCUT2D eigenvalue weighted by atomic mass is 9.83.